The van der Waals surface area contributed by atoms with E-state index in [0.29, 0.717) is 6.07 Å². The molecule has 29 heavy (non-hydrogen) atoms. The zero-order valence-corrected chi connectivity index (χ0v) is 16.5. The molecule has 0 fully saturated rings. The SMILES string of the molecule is CN=C(NCc1ccc(S(=O)(=O)NC)cc1)NCc1ccc(F)cc1C(F)(F)F. The summed E-state index contributed by atoms with van der Waals surface area (Å²) in [4.78, 5) is 4.04. The number of halogens is 4. The van der Waals surface area contributed by atoms with Crippen molar-refractivity contribution in [2.45, 2.75) is 24.2 Å². The summed E-state index contributed by atoms with van der Waals surface area (Å²) >= 11 is 0. The van der Waals surface area contributed by atoms with Crippen LogP contribution in [0.5, 0.6) is 0 Å². The Morgan fingerprint density at radius 3 is 2.21 bits per heavy atom. The zero-order valence-electron chi connectivity index (χ0n) is 15.6. The maximum Gasteiger partial charge on any atom is 0.416 e. The normalized spacial score (nSPS) is 12.7. The molecule has 0 amide bonds. The summed E-state index contributed by atoms with van der Waals surface area (Å²) in [5, 5.41) is 5.66. The first-order chi connectivity index (χ1) is 13.6. The van der Waals surface area contributed by atoms with Crippen LogP contribution in [0.15, 0.2) is 52.4 Å². The lowest BCUT2D eigenvalue weighted by molar-refractivity contribution is -0.138. The second kappa shape index (κ2) is 9.23. The quantitative estimate of drug-likeness (QED) is 0.372. The van der Waals surface area contributed by atoms with Crippen LogP contribution in [0.1, 0.15) is 16.7 Å². The highest BCUT2D eigenvalue weighted by Gasteiger charge is 2.33. The van der Waals surface area contributed by atoms with Crippen molar-refractivity contribution in [3.63, 3.8) is 0 Å². The summed E-state index contributed by atoms with van der Waals surface area (Å²) < 4.78 is 78.0. The summed E-state index contributed by atoms with van der Waals surface area (Å²) in [7, 11) is -0.772. The molecular formula is C18H20F4N4O2S. The monoisotopic (exact) mass is 432 g/mol. The van der Waals surface area contributed by atoms with Gasteiger partial charge >= 0.3 is 6.18 Å². The van der Waals surface area contributed by atoms with Gasteiger partial charge in [-0.1, -0.05) is 18.2 Å². The van der Waals surface area contributed by atoms with Crippen LogP contribution in [0.2, 0.25) is 0 Å². The van der Waals surface area contributed by atoms with E-state index in [2.05, 4.69) is 20.3 Å². The number of hydrogen-bond acceptors (Lipinski definition) is 3. The van der Waals surface area contributed by atoms with E-state index in [-0.39, 0.29) is 29.5 Å². The number of alkyl halides is 3. The van der Waals surface area contributed by atoms with E-state index in [1.165, 1.54) is 26.2 Å². The molecule has 0 saturated heterocycles. The van der Waals surface area contributed by atoms with Gasteiger partial charge in [-0.05, 0) is 42.4 Å². The van der Waals surface area contributed by atoms with Crippen molar-refractivity contribution in [3.8, 4) is 0 Å². The van der Waals surface area contributed by atoms with Gasteiger partial charge in [0.15, 0.2) is 5.96 Å². The Balaban J connectivity index is 2.01. The maximum absolute atomic E-state index is 13.2. The summed E-state index contributed by atoms with van der Waals surface area (Å²) in [5.41, 5.74) is -0.439. The largest absolute Gasteiger partial charge is 0.416 e. The van der Waals surface area contributed by atoms with E-state index in [1.54, 1.807) is 12.1 Å². The first kappa shape index (κ1) is 22.6. The van der Waals surface area contributed by atoms with Gasteiger partial charge in [0.05, 0.1) is 10.5 Å². The lowest BCUT2D eigenvalue weighted by Gasteiger charge is -2.16. The molecule has 0 aliphatic carbocycles. The predicted molar refractivity (Wildman–Crippen MR) is 101 cm³/mol. The van der Waals surface area contributed by atoms with E-state index in [0.717, 1.165) is 17.7 Å². The van der Waals surface area contributed by atoms with Crippen molar-refractivity contribution in [3.05, 3.63) is 65.0 Å². The molecule has 0 atom stereocenters. The molecule has 0 aliphatic heterocycles. The Hall–Kier alpha value is -2.66. The first-order valence-corrected chi connectivity index (χ1v) is 9.88. The number of sulfonamides is 1. The van der Waals surface area contributed by atoms with E-state index in [9.17, 15) is 26.0 Å². The fourth-order valence-corrected chi connectivity index (χ4v) is 3.19. The third-order valence-corrected chi connectivity index (χ3v) is 5.44. The third-order valence-electron chi connectivity index (χ3n) is 4.01. The highest BCUT2D eigenvalue weighted by molar-refractivity contribution is 7.89. The molecule has 6 nitrogen and oxygen atoms in total. The number of rotatable bonds is 6. The molecule has 2 aromatic carbocycles. The van der Waals surface area contributed by atoms with Crippen molar-refractivity contribution in [2.75, 3.05) is 14.1 Å². The molecule has 3 N–H and O–H groups in total. The fourth-order valence-electron chi connectivity index (χ4n) is 2.46. The number of hydrogen-bond donors (Lipinski definition) is 3. The number of nitrogens with one attached hydrogen (secondary N) is 3. The standard InChI is InChI=1S/C18H20F4N4O2S/c1-23-17(25-10-12-3-7-15(8-4-12)29(27,28)24-2)26-11-13-5-6-14(19)9-16(13)18(20,21)22/h3-9,24H,10-11H2,1-2H3,(H2,23,25,26). The second-order valence-corrected chi connectivity index (χ2v) is 7.82. The van der Waals surface area contributed by atoms with Crippen LogP contribution >= 0.6 is 0 Å². The van der Waals surface area contributed by atoms with Gasteiger partial charge < -0.3 is 10.6 Å². The molecule has 158 valence electrons. The van der Waals surface area contributed by atoms with Crippen LogP contribution < -0.4 is 15.4 Å². The third kappa shape index (κ3) is 6.16. The molecule has 0 unspecified atom stereocenters. The van der Waals surface area contributed by atoms with Gasteiger partial charge in [0.2, 0.25) is 10.0 Å². The van der Waals surface area contributed by atoms with Gasteiger partial charge in [-0.25, -0.2) is 17.5 Å². The minimum atomic E-state index is -4.68. The van der Waals surface area contributed by atoms with Crippen molar-refractivity contribution < 1.29 is 26.0 Å². The van der Waals surface area contributed by atoms with Crippen molar-refractivity contribution in [2.24, 2.45) is 4.99 Å². The number of benzene rings is 2. The summed E-state index contributed by atoms with van der Waals surface area (Å²) in [5.74, 6) is -0.735. The molecule has 2 rings (SSSR count). The Morgan fingerprint density at radius 2 is 1.66 bits per heavy atom. The lowest BCUT2D eigenvalue weighted by Crippen LogP contribution is -2.36. The molecule has 0 aliphatic rings. The van der Waals surface area contributed by atoms with Crippen LogP contribution in [-0.4, -0.2) is 28.5 Å². The summed E-state index contributed by atoms with van der Waals surface area (Å²) in [6.45, 7) is 0.0449. The number of guanidine groups is 1. The van der Waals surface area contributed by atoms with Crippen molar-refractivity contribution >= 4 is 16.0 Å². The lowest BCUT2D eigenvalue weighted by atomic mass is 10.1. The van der Waals surface area contributed by atoms with Crippen molar-refractivity contribution in [1.82, 2.24) is 15.4 Å². The average molecular weight is 432 g/mol. The van der Waals surface area contributed by atoms with E-state index < -0.39 is 27.6 Å². The Kier molecular flexibility index (Phi) is 7.20. The van der Waals surface area contributed by atoms with Crippen LogP contribution in [-0.2, 0) is 29.3 Å². The second-order valence-electron chi connectivity index (χ2n) is 5.93. The number of nitrogens with zero attached hydrogens (tertiary/aromatic N) is 1. The molecular weight excluding hydrogens is 412 g/mol. The van der Waals surface area contributed by atoms with Crippen LogP contribution in [0.3, 0.4) is 0 Å². The highest BCUT2D eigenvalue weighted by Crippen LogP contribution is 2.32. The average Bonchev–Trinajstić information content (AvgIpc) is 2.68. The fraction of sp³-hybridized carbons (Fsp3) is 0.278. The molecule has 0 aromatic heterocycles. The first-order valence-electron chi connectivity index (χ1n) is 8.39. The molecule has 0 radical (unpaired) electrons. The molecule has 0 saturated carbocycles. The smallest absolute Gasteiger partial charge is 0.352 e. The van der Waals surface area contributed by atoms with Gasteiger partial charge in [-0.2, -0.15) is 13.2 Å². The Morgan fingerprint density at radius 1 is 1.03 bits per heavy atom. The van der Waals surface area contributed by atoms with Crippen LogP contribution in [0.4, 0.5) is 17.6 Å². The highest BCUT2D eigenvalue weighted by atomic mass is 32.2. The van der Waals surface area contributed by atoms with Gasteiger partial charge in [0, 0.05) is 20.1 Å². The predicted octanol–water partition coefficient (Wildman–Crippen LogP) is 2.62. The van der Waals surface area contributed by atoms with Gasteiger partial charge in [0.25, 0.3) is 0 Å². The zero-order chi connectivity index (χ0) is 21.7. The van der Waals surface area contributed by atoms with Crippen LogP contribution in [0.25, 0.3) is 0 Å². The number of aliphatic imine (C=N–C) groups is 1. The van der Waals surface area contributed by atoms with Gasteiger partial charge in [-0.15, -0.1) is 0 Å². The van der Waals surface area contributed by atoms with E-state index in [1.807, 2.05) is 0 Å². The summed E-state index contributed by atoms with van der Waals surface area (Å²) in [6.07, 6.45) is -4.68. The summed E-state index contributed by atoms with van der Waals surface area (Å²) in [6, 6.07) is 8.56. The molecule has 0 bridgehead atoms. The molecule has 2 aromatic rings. The topological polar surface area (TPSA) is 82.6 Å². The van der Waals surface area contributed by atoms with Crippen molar-refractivity contribution in [1.29, 1.82) is 0 Å². The minimum Gasteiger partial charge on any atom is -0.352 e. The Bertz CT molecular complexity index is 974. The molecule has 0 spiro atoms. The van der Waals surface area contributed by atoms with E-state index in [4.69, 9.17) is 0 Å². The Labute approximate surface area is 166 Å². The molecule has 0 heterocycles. The minimum absolute atomic E-state index is 0.113. The molecule has 11 heteroatoms. The van der Waals surface area contributed by atoms with Gasteiger partial charge in [-0.3, -0.25) is 4.99 Å². The maximum atomic E-state index is 13.2. The van der Waals surface area contributed by atoms with Crippen LogP contribution in [0, 0.1) is 5.82 Å². The van der Waals surface area contributed by atoms with Gasteiger partial charge in [0.1, 0.15) is 5.82 Å². The van der Waals surface area contributed by atoms with E-state index >= 15 is 0 Å².